The first-order chi connectivity index (χ1) is 11.2. The van der Waals surface area contributed by atoms with E-state index in [0.717, 1.165) is 12.5 Å². The van der Waals surface area contributed by atoms with Gasteiger partial charge in [-0.25, -0.2) is 9.59 Å². The summed E-state index contributed by atoms with van der Waals surface area (Å²) in [6, 6.07) is 3.89. The fourth-order valence-electron chi connectivity index (χ4n) is 2.85. The summed E-state index contributed by atoms with van der Waals surface area (Å²) in [4.78, 5) is 23.1. The Morgan fingerprint density at radius 1 is 1.25 bits per heavy atom. The highest BCUT2D eigenvalue weighted by atomic mass is 127. The Labute approximate surface area is 151 Å². The first-order valence-electron chi connectivity index (χ1n) is 7.54. The summed E-state index contributed by atoms with van der Waals surface area (Å²) in [5.74, 6) is -8.42. The zero-order valence-corrected chi connectivity index (χ0v) is 14.8. The highest BCUT2D eigenvalue weighted by Crippen LogP contribution is 2.36. The maximum absolute atomic E-state index is 14.1. The van der Waals surface area contributed by atoms with Crippen LogP contribution >= 0.6 is 22.6 Å². The molecule has 1 aromatic carbocycles. The summed E-state index contributed by atoms with van der Waals surface area (Å²) in [6.07, 6.45) is 1.03. The minimum absolute atomic E-state index is 0.102. The van der Waals surface area contributed by atoms with Gasteiger partial charge < -0.3 is 14.9 Å². The van der Waals surface area contributed by atoms with Gasteiger partial charge in [-0.1, -0.05) is 19.3 Å². The SMILES string of the molecule is O=C(OC(C1CCCCC1)C(F)(F)C(=O)O)c1ccc(I)c(O)c1. The van der Waals surface area contributed by atoms with Crippen LogP contribution in [0.3, 0.4) is 0 Å². The molecule has 1 atom stereocenters. The molecule has 0 aromatic heterocycles. The van der Waals surface area contributed by atoms with Crippen LogP contribution in [0.4, 0.5) is 8.78 Å². The van der Waals surface area contributed by atoms with Crippen LogP contribution in [0.25, 0.3) is 0 Å². The largest absolute Gasteiger partial charge is 0.507 e. The maximum atomic E-state index is 14.1. The third-order valence-corrected chi connectivity index (χ3v) is 5.05. The van der Waals surface area contributed by atoms with Crippen LogP contribution in [0.15, 0.2) is 18.2 Å². The summed E-state index contributed by atoms with van der Waals surface area (Å²) in [7, 11) is 0. The van der Waals surface area contributed by atoms with E-state index in [1.165, 1.54) is 12.1 Å². The number of esters is 1. The normalized spacial score (nSPS) is 17.3. The molecule has 0 amide bonds. The van der Waals surface area contributed by atoms with Gasteiger partial charge in [0.2, 0.25) is 0 Å². The molecule has 1 aromatic rings. The number of carbonyl (C=O) groups is 2. The second kappa shape index (κ2) is 7.62. The number of alkyl halides is 2. The van der Waals surface area contributed by atoms with Crippen molar-refractivity contribution in [3.05, 3.63) is 27.3 Å². The Morgan fingerprint density at radius 3 is 2.42 bits per heavy atom. The predicted octanol–water partition coefficient (Wildman–Crippen LogP) is 3.82. The van der Waals surface area contributed by atoms with Crippen molar-refractivity contribution < 1.29 is 33.3 Å². The van der Waals surface area contributed by atoms with Crippen LogP contribution in [0.5, 0.6) is 5.75 Å². The monoisotopic (exact) mass is 454 g/mol. The average molecular weight is 454 g/mol. The fourth-order valence-corrected chi connectivity index (χ4v) is 3.18. The topological polar surface area (TPSA) is 83.8 Å². The first kappa shape index (κ1) is 18.9. The number of benzene rings is 1. The van der Waals surface area contributed by atoms with Crippen molar-refractivity contribution in [2.45, 2.75) is 44.1 Å². The Morgan fingerprint density at radius 2 is 1.88 bits per heavy atom. The lowest BCUT2D eigenvalue weighted by molar-refractivity contribution is -0.189. The summed E-state index contributed by atoms with van der Waals surface area (Å²) in [5, 5.41) is 18.4. The number of hydrogen-bond donors (Lipinski definition) is 2. The Bertz CT molecular complexity index is 629. The van der Waals surface area contributed by atoms with Gasteiger partial charge >= 0.3 is 17.9 Å². The molecule has 132 valence electrons. The number of carboxylic acid groups (broad SMARTS) is 1. The van der Waals surface area contributed by atoms with E-state index in [2.05, 4.69) is 0 Å². The van der Waals surface area contributed by atoms with E-state index in [4.69, 9.17) is 9.84 Å². The van der Waals surface area contributed by atoms with Crippen molar-refractivity contribution in [1.29, 1.82) is 0 Å². The van der Waals surface area contributed by atoms with Gasteiger partial charge in [-0.05, 0) is 53.6 Å². The van der Waals surface area contributed by atoms with Gasteiger partial charge in [0.05, 0.1) is 9.13 Å². The molecule has 0 bridgehead atoms. The number of aliphatic carboxylic acids is 1. The van der Waals surface area contributed by atoms with E-state index in [9.17, 15) is 23.5 Å². The smallest absolute Gasteiger partial charge is 0.378 e. The van der Waals surface area contributed by atoms with Crippen LogP contribution in [0, 0.1) is 9.49 Å². The number of carbonyl (C=O) groups excluding carboxylic acids is 1. The third kappa shape index (κ3) is 4.14. The number of rotatable bonds is 5. The number of aromatic hydroxyl groups is 1. The summed E-state index contributed by atoms with van der Waals surface area (Å²) in [6.45, 7) is 0. The lowest BCUT2D eigenvalue weighted by Gasteiger charge is -2.33. The van der Waals surface area contributed by atoms with Crippen molar-refractivity contribution in [2.24, 2.45) is 5.92 Å². The molecular formula is C16H17F2IO5. The van der Waals surface area contributed by atoms with E-state index in [-0.39, 0.29) is 11.3 Å². The molecule has 1 aliphatic rings. The first-order valence-corrected chi connectivity index (χ1v) is 8.62. The van der Waals surface area contributed by atoms with Crippen LogP contribution in [0.1, 0.15) is 42.5 Å². The Hall–Kier alpha value is -1.45. The molecule has 1 saturated carbocycles. The number of phenols is 1. The van der Waals surface area contributed by atoms with Crippen molar-refractivity contribution in [1.82, 2.24) is 0 Å². The van der Waals surface area contributed by atoms with Crippen LogP contribution in [0.2, 0.25) is 0 Å². The number of carboxylic acids is 1. The van der Waals surface area contributed by atoms with Crippen molar-refractivity contribution >= 4 is 34.5 Å². The van der Waals surface area contributed by atoms with Gasteiger partial charge in [-0.2, -0.15) is 8.78 Å². The average Bonchev–Trinajstić information content (AvgIpc) is 2.55. The van der Waals surface area contributed by atoms with Gasteiger partial charge in [0, 0.05) is 5.92 Å². The lowest BCUT2D eigenvalue weighted by Crippen LogP contribution is -2.48. The van der Waals surface area contributed by atoms with Gasteiger partial charge in [0.25, 0.3) is 0 Å². The van der Waals surface area contributed by atoms with Crippen LogP contribution in [-0.2, 0) is 9.53 Å². The molecule has 8 heteroatoms. The summed E-state index contributed by atoms with van der Waals surface area (Å²) < 4.78 is 33.6. The molecule has 0 saturated heterocycles. The quantitative estimate of drug-likeness (QED) is 0.522. The van der Waals surface area contributed by atoms with Crippen molar-refractivity contribution in [2.75, 3.05) is 0 Å². The minimum Gasteiger partial charge on any atom is -0.507 e. The third-order valence-electron chi connectivity index (χ3n) is 4.14. The Balaban J connectivity index is 2.25. The summed E-state index contributed by atoms with van der Waals surface area (Å²) in [5.41, 5.74) is -0.102. The van der Waals surface area contributed by atoms with Crippen LogP contribution < -0.4 is 0 Å². The number of ether oxygens (including phenoxy) is 1. The fraction of sp³-hybridized carbons (Fsp3) is 0.500. The summed E-state index contributed by atoms with van der Waals surface area (Å²) >= 11 is 1.85. The van der Waals surface area contributed by atoms with Crippen molar-refractivity contribution in [3.8, 4) is 5.75 Å². The molecule has 5 nitrogen and oxygen atoms in total. The molecule has 0 heterocycles. The second-order valence-corrected chi connectivity index (χ2v) is 6.98. The predicted molar refractivity (Wildman–Crippen MR) is 89.2 cm³/mol. The van der Waals surface area contributed by atoms with Gasteiger partial charge in [0.1, 0.15) is 5.75 Å². The molecule has 1 unspecified atom stereocenters. The zero-order chi connectivity index (χ0) is 17.9. The minimum atomic E-state index is -4.16. The zero-order valence-electron chi connectivity index (χ0n) is 12.7. The highest BCUT2D eigenvalue weighted by Gasteiger charge is 2.53. The molecule has 0 radical (unpaired) electrons. The molecule has 1 fully saturated rings. The molecule has 0 aliphatic heterocycles. The maximum Gasteiger partial charge on any atom is 0.378 e. The van der Waals surface area contributed by atoms with E-state index in [1.54, 1.807) is 0 Å². The molecule has 0 spiro atoms. The van der Waals surface area contributed by atoms with Crippen LogP contribution in [-0.4, -0.2) is 34.2 Å². The molecule has 2 rings (SSSR count). The highest BCUT2D eigenvalue weighted by molar-refractivity contribution is 14.1. The van der Waals surface area contributed by atoms with Gasteiger partial charge in [-0.15, -0.1) is 0 Å². The molecular weight excluding hydrogens is 437 g/mol. The van der Waals surface area contributed by atoms with E-state index in [1.807, 2.05) is 22.6 Å². The lowest BCUT2D eigenvalue weighted by atomic mass is 9.83. The van der Waals surface area contributed by atoms with E-state index in [0.29, 0.717) is 29.3 Å². The standard InChI is InChI=1S/C16H17F2IO5/c17-16(18,15(22)23)13(9-4-2-1-3-5-9)24-14(21)10-6-7-11(19)12(20)8-10/h6-9,13,20H,1-5H2,(H,22,23). The molecule has 24 heavy (non-hydrogen) atoms. The number of hydrogen-bond acceptors (Lipinski definition) is 4. The van der Waals surface area contributed by atoms with E-state index >= 15 is 0 Å². The number of halogens is 3. The molecule has 1 aliphatic carbocycles. The number of phenolic OH excluding ortho intramolecular Hbond substituents is 1. The van der Waals surface area contributed by atoms with Crippen molar-refractivity contribution in [3.63, 3.8) is 0 Å². The van der Waals surface area contributed by atoms with Gasteiger partial charge in [-0.3, -0.25) is 0 Å². The Kier molecular flexibility index (Phi) is 6.00. The molecule has 2 N–H and O–H groups in total. The second-order valence-electron chi connectivity index (χ2n) is 5.82. The van der Waals surface area contributed by atoms with E-state index < -0.39 is 29.9 Å². The van der Waals surface area contributed by atoms with Gasteiger partial charge in [0.15, 0.2) is 6.10 Å².